The number of benzene rings is 1. The lowest BCUT2D eigenvalue weighted by Gasteiger charge is -2.13. The Balaban J connectivity index is 1.46. The molecule has 1 amide bonds. The van der Waals surface area contributed by atoms with Gasteiger partial charge in [-0.1, -0.05) is 33.8 Å². The van der Waals surface area contributed by atoms with Gasteiger partial charge < -0.3 is 9.88 Å². The van der Waals surface area contributed by atoms with Gasteiger partial charge in [-0.3, -0.25) is 4.79 Å². The van der Waals surface area contributed by atoms with E-state index in [4.69, 9.17) is 0 Å². The van der Waals surface area contributed by atoms with Crippen LogP contribution in [-0.2, 0) is 4.79 Å². The van der Waals surface area contributed by atoms with Crippen molar-refractivity contribution in [3.05, 3.63) is 34.6 Å². The smallest absolute Gasteiger partial charge is 0.237 e. The first-order valence-electron chi connectivity index (χ1n) is 8.29. The molecule has 0 saturated heterocycles. The highest BCUT2D eigenvalue weighted by Gasteiger charge is 2.37. The van der Waals surface area contributed by atoms with Crippen LogP contribution in [0.3, 0.4) is 0 Å². The lowest BCUT2D eigenvalue weighted by Crippen LogP contribution is -2.23. The van der Waals surface area contributed by atoms with E-state index in [1.807, 2.05) is 31.2 Å². The Morgan fingerprint density at radius 3 is 2.79 bits per heavy atom. The summed E-state index contributed by atoms with van der Waals surface area (Å²) in [5.74, 6) is 1.69. The van der Waals surface area contributed by atoms with Crippen LogP contribution in [0.2, 0.25) is 0 Å². The van der Waals surface area contributed by atoms with Crippen molar-refractivity contribution in [2.24, 2.45) is 0 Å². The summed E-state index contributed by atoms with van der Waals surface area (Å²) in [4.78, 5) is 12.5. The van der Waals surface area contributed by atoms with Gasteiger partial charge in [-0.25, -0.2) is 0 Å². The molecule has 2 aromatic rings. The normalized spacial score (nSPS) is 18.4. The van der Waals surface area contributed by atoms with Crippen molar-refractivity contribution in [2.75, 3.05) is 5.32 Å². The molecule has 2 aliphatic carbocycles. The summed E-state index contributed by atoms with van der Waals surface area (Å²) in [6, 6.07) is 8.16. The van der Waals surface area contributed by atoms with Crippen molar-refractivity contribution in [3.63, 3.8) is 0 Å². The van der Waals surface area contributed by atoms with Crippen LogP contribution in [0.4, 0.5) is 5.69 Å². The number of nitrogens with zero attached hydrogens (tertiary/aromatic N) is 3. The van der Waals surface area contributed by atoms with E-state index in [1.165, 1.54) is 37.4 Å². The van der Waals surface area contributed by atoms with Crippen LogP contribution in [0.1, 0.15) is 50.4 Å². The fraction of sp³-hybridized carbons (Fsp3) is 0.471. The maximum absolute atomic E-state index is 12.5. The summed E-state index contributed by atoms with van der Waals surface area (Å²) >= 11 is 4.92. The van der Waals surface area contributed by atoms with Crippen molar-refractivity contribution in [3.8, 4) is 0 Å². The highest BCUT2D eigenvalue weighted by atomic mass is 79.9. The Labute approximate surface area is 153 Å². The Bertz CT molecular complexity index is 770. The standard InChI is InChI=1S/C17H19BrN4OS/c1-10(16(23)19-13-4-2-3-12(18)9-13)24-17-21-20-15(11-5-6-11)22(17)14-7-8-14/h2-4,9-11,14H,5-8H2,1H3,(H,19,23)/t10-/m0/s1. The van der Waals surface area contributed by atoms with Gasteiger partial charge in [-0.05, 0) is 50.8 Å². The lowest BCUT2D eigenvalue weighted by molar-refractivity contribution is -0.115. The number of carbonyl (C=O) groups is 1. The van der Waals surface area contributed by atoms with Crippen molar-refractivity contribution in [1.29, 1.82) is 0 Å². The first-order valence-corrected chi connectivity index (χ1v) is 9.97. The third-order valence-corrected chi connectivity index (χ3v) is 5.84. The van der Waals surface area contributed by atoms with Gasteiger partial charge in [-0.2, -0.15) is 0 Å². The van der Waals surface area contributed by atoms with Gasteiger partial charge in [0.25, 0.3) is 0 Å². The van der Waals surface area contributed by atoms with Crippen LogP contribution in [0.5, 0.6) is 0 Å². The molecule has 1 atom stereocenters. The van der Waals surface area contributed by atoms with Crippen LogP contribution >= 0.6 is 27.7 Å². The van der Waals surface area contributed by atoms with E-state index in [2.05, 4.69) is 36.0 Å². The highest BCUT2D eigenvalue weighted by Crippen LogP contribution is 2.46. The summed E-state index contributed by atoms with van der Waals surface area (Å²) in [6.45, 7) is 1.92. The maximum atomic E-state index is 12.5. The summed E-state index contributed by atoms with van der Waals surface area (Å²) in [5.41, 5.74) is 0.796. The summed E-state index contributed by atoms with van der Waals surface area (Å²) < 4.78 is 3.23. The monoisotopic (exact) mass is 406 g/mol. The number of nitrogens with one attached hydrogen (secondary N) is 1. The van der Waals surface area contributed by atoms with Crippen molar-refractivity contribution < 1.29 is 4.79 Å². The van der Waals surface area contributed by atoms with Gasteiger partial charge in [0.05, 0.1) is 5.25 Å². The highest BCUT2D eigenvalue weighted by molar-refractivity contribution is 9.10. The molecule has 0 spiro atoms. The number of hydrogen-bond acceptors (Lipinski definition) is 4. The van der Waals surface area contributed by atoms with Crippen LogP contribution < -0.4 is 5.32 Å². The number of aromatic nitrogens is 3. The van der Waals surface area contributed by atoms with Gasteiger partial charge >= 0.3 is 0 Å². The van der Waals surface area contributed by atoms with E-state index >= 15 is 0 Å². The molecule has 2 saturated carbocycles. The second kappa shape index (κ2) is 6.52. The molecule has 4 rings (SSSR count). The van der Waals surface area contributed by atoms with Crippen LogP contribution in [0, 0.1) is 0 Å². The van der Waals surface area contributed by atoms with E-state index in [0.29, 0.717) is 12.0 Å². The first kappa shape index (κ1) is 16.1. The number of carbonyl (C=O) groups excluding carboxylic acids is 1. The van der Waals surface area contributed by atoms with Crippen LogP contribution in [0.15, 0.2) is 33.9 Å². The zero-order valence-corrected chi connectivity index (χ0v) is 15.8. The minimum Gasteiger partial charge on any atom is -0.325 e. The van der Waals surface area contributed by atoms with Gasteiger partial charge in [0, 0.05) is 22.1 Å². The number of halogens is 1. The van der Waals surface area contributed by atoms with Crippen molar-refractivity contribution in [1.82, 2.24) is 14.8 Å². The molecule has 1 N–H and O–H groups in total. The zero-order chi connectivity index (χ0) is 16.7. The van der Waals surface area contributed by atoms with Gasteiger partial charge in [0.2, 0.25) is 5.91 Å². The molecule has 24 heavy (non-hydrogen) atoms. The topological polar surface area (TPSA) is 59.8 Å². The molecule has 1 aromatic heterocycles. The lowest BCUT2D eigenvalue weighted by atomic mass is 10.3. The number of thioether (sulfide) groups is 1. The molecule has 2 aliphatic rings. The van der Waals surface area contributed by atoms with Crippen molar-refractivity contribution in [2.45, 2.75) is 55.0 Å². The van der Waals surface area contributed by atoms with Crippen molar-refractivity contribution >= 4 is 39.3 Å². The molecule has 2 fully saturated rings. The number of amides is 1. The van der Waals surface area contributed by atoms with E-state index in [1.54, 1.807) is 0 Å². The molecular weight excluding hydrogens is 388 g/mol. The third kappa shape index (κ3) is 3.52. The average Bonchev–Trinajstić information content (AvgIpc) is 3.46. The number of hydrogen-bond donors (Lipinski definition) is 1. The molecule has 1 heterocycles. The second-order valence-electron chi connectivity index (χ2n) is 6.48. The first-order chi connectivity index (χ1) is 11.6. The number of anilines is 1. The van der Waals surface area contributed by atoms with E-state index in [-0.39, 0.29) is 11.2 Å². The minimum atomic E-state index is -0.224. The van der Waals surface area contributed by atoms with E-state index in [0.717, 1.165) is 21.1 Å². The van der Waals surface area contributed by atoms with Gasteiger partial charge in [-0.15, -0.1) is 10.2 Å². The molecular formula is C17H19BrN4OS. The third-order valence-electron chi connectivity index (χ3n) is 4.29. The van der Waals surface area contributed by atoms with Crippen LogP contribution in [-0.4, -0.2) is 25.9 Å². The summed E-state index contributed by atoms with van der Waals surface area (Å²) in [6.07, 6.45) is 4.83. The number of rotatable bonds is 6. The fourth-order valence-corrected chi connectivity index (χ4v) is 4.01. The Hall–Kier alpha value is -1.34. The molecule has 0 aliphatic heterocycles. The summed E-state index contributed by atoms with van der Waals surface area (Å²) in [7, 11) is 0. The van der Waals surface area contributed by atoms with Gasteiger partial charge in [0.1, 0.15) is 5.82 Å². The molecule has 0 unspecified atom stereocenters. The predicted molar refractivity (Wildman–Crippen MR) is 98.4 cm³/mol. The fourth-order valence-electron chi connectivity index (χ4n) is 2.69. The maximum Gasteiger partial charge on any atom is 0.237 e. The SMILES string of the molecule is C[C@H](Sc1nnc(C2CC2)n1C1CC1)C(=O)Nc1cccc(Br)c1. The van der Waals surface area contributed by atoms with E-state index < -0.39 is 0 Å². The zero-order valence-electron chi connectivity index (χ0n) is 13.4. The Kier molecular flexibility index (Phi) is 4.39. The summed E-state index contributed by atoms with van der Waals surface area (Å²) in [5, 5.41) is 12.4. The molecule has 0 bridgehead atoms. The second-order valence-corrected chi connectivity index (χ2v) is 8.70. The molecule has 1 aromatic carbocycles. The largest absolute Gasteiger partial charge is 0.325 e. The average molecular weight is 407 g/mol. The molecule has 0 radical (unpaired) electrons. The Morgan fingerprint density at radius 2 is 2.12 bits per heavy atom. The molecule has 7 heteroatoms. The quantitative estimate of drug-likeness (QED) is 0.723. The van der Waals surface area contributed by atoms with Crippen LogP contribution in [0.25, 0.3) is 0 Å². The molecule has 126 valence electrons. The van der Waals surface area contributed by atoms with E-state index in [9.17, 15) is 4.79 Å². The minimum absolute atomic E-state index is 0.0172. The predicted octanol–water partition coefficient (Wildman–Crippen LogP) is 4.37. The molecule has 5 nitrogen and oxygen atoms in total. The Morgan fingerprint density at radius 1 is 1.33 bits per heavy atom. The van der Waals surface area contributed by atoms with Gasteiger partial charge in [0.15, 0.2) is 5.16 Å².